The molecule has 1 atom stereocenters. The molecule has 1 amide bonds. The predicted molar refractivity (Wildman–Crippen MR) is 83.7 cm³/mol. The summed E-state index contributed by atoms with van der Waals surface area (Å²) in [5, 5.41) is 0.905. The monoisotopic (exact) mass is 314 g/mol. The van der Waals surface area contributed by atoms with E-state index < -0.39 is 0 Å². The number of likely N-dealkylation sites (tertiary alicyclic amines) is 1. The minimum atomic E-state index is 0.0400. The Bertz CT molecular complexity index is 489. The van der Waals surface area contributed by atoms with Crippen molar-refractivity contribution in [3.63, 3.8) is 0 Å². The van der Waals surface area contributed by atoms with E-state index in [1.807, 2.05) is 4.90 Å². The molecule has 0 aromatic heterocycles. The quantitative estimate of drug-likeness (QED) is 0.848. The van der Waals surface area contributed by atoms with Crippen molar-refractivity contribution < 1.29 is 4.79 Å². The van der Waals surface area contributed by atoms with Crippen LogP contribution in [0, 0.1) is 0 Å². The summed E-state index contributed by atoms with van der Waals surface area (Å²) in [6.07, 6.45) is 1.04. The van der Waals surface area contributed by atoms with E-state index in [1.165, 1.54) is 0 Å². The number of rotatable bonds is 4. The Labute approximate surface area is 130 Å². The number of amides is 1. The summed E-state index contributed by atoms with van der Waals surface area (Å²) in [4.78, 5) is 16.8. The molecule has 1 saturated heterocycles. The van der Waals surface area contributed by atoms with Gasteiger partial charge in [0.25, 0.3) is 5.91 Å². The van der Waals surface area contributed by atoms with Crippen molar-refractivity contribution in [2.45, 2.75) is 26.3 Å². The van der Waals surface area contributed by atoms with Gasteiger partial charge in [0, 0.05) is 24.7 Å². The predicted octanol–water partition coefficient (Wildman–Crippen LogP) is 3.55. The average molecular weight is 315 g/mol. The smallest absolute Gasteiger partial charge is 0.253 e. The van der Waals surface area contributed by atoms with Gasteiger partial charge in [0.2, 0.25) is 0 Å². The van der Waals surface area contributed by atoms with Crippen molar-refractivity contribution in [3.05, 3.63) is 33.8 Å². The van der Waals surface area contributed by atoms with E-state index in [0.29, 0.717) is 21.7 Å². The minimum Gasteiger partial charge on any atom is -0.337 e. The summed E-state index contributed by atoms with van der Waals surface area (Å²) in [6.45, 7) is 7.97. The summed E-state index contributed by atoms with van der Waals surface area (Å²) >= 11 is 11.9. The molecule has 1 unspecified atom stereocenters. The van der Waals surface area contributed by atoms with Crippen LogP contribution in [-0.2, 0) is 0 Å². The highest BCUT2D eigenvalue weighted by atomic mass is 35.5. The Morgan fingerprint density at radius 3 is 2.60 bits per heavy atom. The van der Waals surface area contributed by atoms with E-state index in [1.54, 1.807) is 18.2 Å². The zero-order valence-electron chi connectivity index (χ0n) is 11.9. The Morgan fingerprint density at radius 1 is 1.30 bits per heavy atom. The first-order valence-electron chi connectivity index (χ1n) is 7.05. The molecular weight excluding hydrogens is 295 g/mol. The van der Waals surface area contributed by atoms with Gasteiger partial charge in [0.05, 0.1) is 10.0 Å². The minimum absolute atomic E-state index is 0.0400. The van der Waals surface area contributed by atoms with Gasteiger partial charge >= 0.3 is 0 Å². The summed E-state index contributed by atoms with van der Waals surface area (Å²) in [5.74, 6) is 0.0400. The number of hydrogen-bond acceptors (Lipinski definition) is 2. The molecule has 0 bridgehead atoms. The topological polar surface area (TPSA) is 23.6 Å². The molecule has 2 rings (SSSR count). The van der Waals surface area contributed by atoms with Crippen LogP contribution >= 0.6 is 23.2 Å². The fourth-order valence-corrected chi connectivity index (χ4v) is 3.07. The molecule has 1 aliphatic rings. The Morgan fingerprint density at radius 2 is 2.00 bits per heavy atom. The first-order valence-corrected chi connectivity index (χ1v) is 7.80. The highest BCUT2D eigenvalue weighted by molar-refractivity contribution is 6.42. The largest absolute Gasteiger partial charge is 0.337 e. The molecule has 5 heteroatoms. The molecular formula is C15H20Cl2N2O. The van der Waals surface area contributed by atoms with Crippen LogP contribution in [0.2, 0.25) is 10.0 Å². The maximum absolute atomic E-state index is 12.5. The molecule has 0 radical (unpaired) electrons. The Kier molecular flexibility index (Phi) is 5.30. The van der Waals surface area contributed by atoms with E-state index in [2.05, 4.69) is 18.7 Å². The molecule has 0 spiro atoms. The molecule has 1 aromatic rings. The Balaban J connectivity index is 2.05. The highest BCUT2D eigenvalue weighted by Crippen LogP contribution is 2.24. The number of hydrogen-bond donors (Lipinski definition) is 0. The number of halogens is 2. The van der Waals surface area contributed by atoms with E-state index >= 15 is 0 Å². The molecule has 1 heterocycles. The van der Waals surface area contributed by atoms with Crippen molar-refractivity contribution in [2.24, 2.45) is 0 Å². The van der Waals surface area contributed by atoms with Crippen molar-refractivity contribution in [2.75, 3.05) is 26.2 Å². The van der Waals surface area contributed by atoms with Crippen LogP contribution in [0.5, 0.6) is 0 Å². The van der Waals surface area contributed by atoms with Crippen LogP contribution < -0.4 is 0 Å². The summed E-state index contributed by atoms with van der Waals surface area (Å²) in [7, 11) is 0. The fraction of sp³-hybridized carbons (Fsp3) is 0.533. The molecule has 1 aliphatic heterocycles. The zero-order valence-corrected chi connectivity index (χ0v) is 13.4. The molecule has 20 heavy (non-hydrogen) atoms. The highest BCUT2D eigenvalue weighted by Gasteiger charge is 2.29. The number of likely N-dealkylation sites (N-methyl/N-ethyl adjacent to an activating group) is 1. The fourth-order valence-electron chi connectivity index (χ4n) is 2.78. The van der Waals surface area contributed by atoms with Crippen LogP contribution in [0.3, 0.4) is 0 Å². The van der Waals surface area contributed by atoms with Gasteiger partial charge in [0.15, 0.2) is 0 Å². The number of carbonyl (C=O) groups excluding carboxylic acids is 1. The van der Waals surface area contributed by atoms with Gasteiger partial charge in [-0.1, -0.05) is 37.0 Å². The van der Waals surface area contributed by atoms with Gasteiger partial charge in [-0.15, -0.1) is 0 Å². The van der Waals surface area contributed by atoms with Gasteiger partial charge in [-0.05, 0) is 37.7 Å². The van der Waals surface area contributed by atoms with E-state index in [9.17, 15) is 4.79 Å². The second kappa shape index (κ2) is 6.79. The van der Waals surface area contributed by atoms with Crippen LogP contribution in [0.25, 0.3) is 0 Å². The summed E-state index contributed by atoms with van der Waals surface area (Å²) in [5.41, 5.74) is 0.611. The average Bonchev–Trinajstić information content (AvgIpc) is 2.92. The van der Waals surface area contributed by atoms with Crippen LogP contribution in [-0.4, -0.2) is 47.9 Å². The molecule has 0 aliphatic carbocycles. The van der Waals surface area contributed by atoms with Crippen LogP contribution in [0.1, 0.15) is 30.6 Å². The third-order valence-corrected chi connectivity index (χ3v) is 4.68. The lowest BCUT2D eigenvalue weighted by atomic mass is 10.2. The maximum Gasteiger partial charge on any atom is 0.253 e. The van der Waals surface area contributed by atoms with Gasteiger partial charge in [0.1, 0.15) is 0 Å². The van der Waals surface area contributed by atoms with E-state index in [0.717, 1.165) is 32.6 Å². The number of carbonyl (C=O) groups is 1. The number of benzene rings is 1. The molecule has 1 aromatic carbocycles. The third-order valence-electron chi connectivity index (χ3n) is 3.95. The molecule has 110 valence electrons. The molecule has 3 nitrogen and oxygen atoms in total. The van der Waals surface area contributed by atoms with Crippen LogP contribution in [0.4, 0.5) is 0 Å². The normalized spacial score (nSPS) is 18.9. The first-order chi connectivity index (χ1) is 9.56. The van der Waals surface area contributed by atoms with E-state index in [4.69, 9.17) is 23.2 Å². The zero-order chi connectivity index (χ0) is 14.7. The second-order valence-corrected chi connectivity index (χ2v) is 5.86. The van der Waals surface area contributed by atoms with Crippen molar-refractivity contribution >= 4 is 29.1 Å². The van der Waals surface area contributed by atoms with Gasteiger partial charge in [-0.3, -0.25) is 9.69 Å². The van der Waals surface area contributed by atoms with Crippen molar-refractivity contribution in [1.82, 2.24) is 9.80 Å². The SMILES string of the molecule is CCN(CC)C1CCN(C(=O)c2ccc(Cl)c(Cl)c2)C1. The van der Waals surface area contributed by atoms with E-state index in [-0.39, 0.29) is 5.91 Å². The number of nitrogens with zero attached hydrogens (tertiary/aromatic N) is 2. The van der Waals surface area contributed by atoms with Crippen molar-refractivity contribution in [3.8, 4) is 0 Å². The molecule has 1 fully saturated rings. The summed E-state index contributed by atoms with van der Waals surface area (Å²) in [6, 6.07) is 5.53. The lowest BCUT2D eigenvalue weighted by Crippen LogP contribution is -2.38. The second-order valence-electron chi connectivity index (χ2n) is 5.04. The third kappa shape index (κ3) is 3.27. The molecule has 0 N–H and O–H groups in total. The van der Waals surface area contributed by atoms with Crippen molar-refractivity contribution in [1.29, 1.82) is 0 Å². The van der Waals surface area contributed by atoms with Crippen LogP contribution in [0.15, 0.2) is 18.2 Å². The van der Waals surface area contributed by atoms with Gasteiger partial charge < -0.3 is 4.90 Å². The Hall–Kier alpha value is -0.770. The summed E-state index contributed by atoms with van der Waals surface area (Å²) < 4.78 is 0. The van der Waals surface area contributed by atoms with Gasteiger partial charge in [-0.25, -0.2) is 0 Å². The molecule has 0 saturated carbocycles. The first kappa shape index (κ1) is 15.6. The van der Waals surface area contributed by atoms with Gasteiger partial charge in [-0.2, -0.15) is 0 Å². The maximum atomic E-state index is 12.5. The lowest BCUT2D eigenvalue weighted by Gasteiger charge is -2.26. The standard InChI is InChI=1S/C15H20Cl2N2O/c1-3-18(4-2)12-7-8-19(10-12)15(20)11-5-6-13(16)14(17)9-11/h5-6,9,12H,3-4,7-8,10H2,1-2H3. The lowest BCUT2D eigenvalue weighted by molar-refractivity contribution is 0.0778.